The first kappa shape index (κ1) is 16.2. The highest BCUT2D eigenvalue weighted by atomic mass is 16.4. The van der Waals surface area contributed by atoms with Crippen LogP contribution in [0.5, 0.6) is 0 Å². The molecular weight excluding hydrogens is 270 g/mol. The lowest BCUT2D eigenvalue weighted by Gasteiger charge is -2.08. The number of hydrogen-bond acceptors (Lipinski definition) is 6. The lowest BCUT2D eigenvalue weighted by molar-refractivity contribution is -0.134. The fourth-order valence-electron chi connectivity index (χ4n) is 1.71. The summed E-state index contributed by atoms with van der Waals surface area (Å²) in [6.07, 6.45) is 1.56. The van der Waals surface area contributed by atoms with Gasteiger partial charge in [0.1, 0.15) is 11.6 Å². The maximum atomic E-state index is 9.00. The van der Waals surface area contributed by atoms with Crippen LogP contribution in [-0.2, 0) is 17.6 Å². The molecule has 2 rings (SSSR count). The average Bonchev–Trinajstić information content (AvgIpc) is 2.38. The topological polar surface area (TPSA) is 141 Å². The van der Waals surface area contributed by atoms with E-state index in [1.165, 1.54) is 5.56 Å². The Bertz CT molecular complexity index is 575. The SMILES string of the molecule is CC(=O)O.Nc1nc(N)c(CCc2ccccc2)c(N)n1. The third kappa shape index (κ3) is 5.77. The number of carbonyl (C=O) groups is 1. The van der Waals surface area contributed by atoms with Gasteiger partial charge in [0.2, 0.25) is 5.95 Å². The van der Waals surface area contributed by atoms with Crippen molar-refractivity contribution in [1.29, 1.82) is 0 Å². The minimum absolute atomic E-state index is 0.114. The van der Waals surface area contributed by atoms with Gasteiger partial charge in [-0.3, -0.25) is 4.79 Å². The number of nitrogens with zero attached hydrogens (tertiary/aromatic N) is 2. The summed E-state index contributed by atoms with van der Waals surface area (Å²) in [7, 11) is 0. The maximum Gasteiger partial charge on any atom is 0.300 e. The zero-order valence-electron chi connectivity index (χ0n) is 11.8. The van der Waals surface area contributed by atoms with Crippen molar-refractivity contribution >= 4 is 23.6 Å². The van der Waals surface area contributed by atoms with Gasteiger partial charge in [-0.25, -0.2) is 0 Å². The zero-order chi connectivity index (χ0) is 15.8. The van der Waals surface area contributed by atoms with Gasteiger partial charge in [-0.1, -0.05) is 30.3 Å². The van der Waals surface area contributed by atoms with Crippen molar-refractivity contribution < 1.29 is 9.90 Å². The van der Waals surface area contributed by atoms with Gasteiger partial charge < -0.3 is 22.3 Å². The van der Waals surface area contributed by atoms with Gasteiger partial charge >= 0.3 is 0 Å². The third-order valence-electron chi connectivity index (χ3n) is 2.59. The van der Waals surface area contributed by atoms with Crippen LogP contribution in [0.1, 0.15) is 18.1 Å². The van der Waals surface area contributed by atoms with Gasteiger partial charge in [0.25, 0.3) is 5.97 Å². The van der Waals surface area contributed by atoms with E-state index in [-0.39, 0.29) is 5.95 Å². The number of nitrogen functional groups attached to an aromatic ring is 3. The molecule has 21 heavy (non-hydrogen) atoms. The molecule has 1 heterocycles. The number of rotatable bonds is 3. The van der Waals surface area contributed by atoms with E-state index in [9.17, 15) is 0 Å². The highest BCUT2D eigenvalue weighted by molar-refractivity contribution is 5.63. The largest absolute Gasteiger partial charge is 0.481 e. The fourth-order valence-corrected chi connectivity index (χ4v) is 1.71. The van der Waals surface area contributed by atoms with E-state index < -0.39 is 5.97 Å². The highest BCUT2D eigenvalue weighted by Gasteiger charge is 2.08. The molecule has 0 unspecified atom stereocenters. The molecule has 0 spiro atoms. The molecular formula is C14H19N5O2. The summed E-state index contributed by atoms with van der Waals surface area (Å²) in [5.41, 5.74) is 19.0. The first-order chi connectivity index (χ1) is 9.90. The van der Waals surface area contributed by atoms with Crippen LogP contribution >= 0.6 is 0 Å². The zero-order valence-corrected chi connectivity index (χ0v) is 11.8. The number of nitrogens with two attached hydrogens (primary N) is 3. The van der Waals surface area contributed by atoms with Gasteiger partial charge in [0.15, 0.2) is 0 Å². The molecule has 7 N–H and O–H groups in total. The molecule has 0 atom stereocenters. The Morgan fingerprint density at radius 3 is 2.00 bits per heavy atom. The van der Waals surface area contributed by atoms with E-state index in [0.29, 0.717) is 18.1 Å². The molecule has 0 saturated carbocycles. The lowest BCUT2D eigenvalue weighted by atomic mass is 10.1. The number of aliphatic carboxylic acids is 1. The predicted molar refractivity (Wildman–Crippen MR) is 82.4 cm³/mol. The van der Waals surface area contributed by atoms with Crippen molar-refractivity contribution in [3.8, 4) is 0 Å². The van der Waals surface area contributed by atoms with E-state index >= 15 is 0 Å². The summed E-state index contributed by atoms with van der Waals surface area (Å²) in [6, 6.07) is 10.1. The van der Waals surface area contributed by atoms with Gasteiger partial charge in [0, 0.05) is 12.5 Å². The molecule has 0 amide bonds. The van der Waals surface area contributed by atoms with E-state index in [1.54, 1.807) is 0 Å². The number of carboxylic acid groups (broad SMARTS) is 1. The second-order valence-electron chi connectivity index (χ2n) is 4.34. The first-order valence-corrected chi connectivity index (χ1v) is 6.31. The molecule has 2 aromatic rings. The number of hydrogen-bond donors (Lipinski definition) is 4. The summed E-state index contributed by atoms with van der Waals surface area (Å²) in [5, 5.41) is 7.42. The van der Waals surface area contributed by atoms with Gasteiger partial charge in [-0.15, -0.1) is 0 Å². The summed E-state index contributed by atoms with van der Waals surface area (Å²) >= 11 is 0. The van der Waals surface area contributed by atoms with Crippen LogP contribution in [0.3, 0.4) is 0 Å². The van der Waals surface area contributed by atoms with Gasteiger partial charge in [-0.2, -0.15) is 9.97 Å². The molecule has 0 aliphatic rings. The summed E-state index contributed by atoms with van der Waals surface area (Å²) in [5.74, 6) is 0.0142. The average molecular weight is 289 g/mol. The van der Waals surface area contributed by atoms with Crippen molar-refractivity contribution in [3.05, 3.63) is 41.5 Å². The van der Waals surface area contributed by atoms with Crippen LogP contribution in [-0.4, -0.2) is 21.0 Å². The monoisotopic (exact) mass is 289 g/mol. The smallest absolute Gasteiger partial charge is 0.300 e. The lowest BCUT2D eigenvalue weighted by Crippen LogP contribution is -2.09. The molecule has 7 nitrogen and oxygen atoms in total. The Balaban J connectivity index is 0.000000491. The van der Waals surface area contributed by atoms with E-state index in [4.69, 9.17) is 27.1 Å². The van der Waals surface area contributed by atoms with E-state index in [1.807, 2.05) is 18.2 Å². The van der Waals surface area contributed by atoms with Crippen LogP contribution in [0, 0.1) is 0 Å². The molecule has 0 fully saturated rings. The normalized spacial score (nSPS) is 9.57. The summed E-state index contributed by atoms with van der Waals surface area (Å²) in [4.78, 5) is 16.8. The summed E-state index contributed by atoms with van der Waals surface area (Å²) in [6.45, 7) is 1.08. The van der Waals surface area contributed by atoms with Crippen LogP contribution in [0.15, 0.2) is 30.3 Å². The Labute approximate surface area is 122 Å². The minimum atomic E-state index is -0.833. The summed E-state index contributed by atoms with van der Waals surface area (Å²) < 4.78 is 0. The highest BCUT2D eigenvalue weighted by Crippen LogP contribution is 2.19. The van der Waals surface area contributed by atoms with E-state index in [0.717, 1.165) is 18.9 Å². The number of carboxylic acids is 1. The molecule has 0 radical (unpaired) electrons. The molecule has 1 aromatic carbocycles. The molecule has 1 aromatic heterocycles. The fraction of sp³-hybridized carbons (Fsp3) is 0.214. The first-order valence-electron chi connectivity index (χ1n) is 6.31. The van der Waals surface area contributed by atoms with Crippen LogP contribution in [0.4, 0.5) is 17.6 Å². The number of aryl methyl sites for hydroxylation is 1. The van der Waals surface area contributed by atoms with Crippen molar-refractivity contribution in [3.63, 3.8) is 0 Å². The minimum Gasteiger partial charge on any atom is -0.481 e. The maximum absolute atomic E-state index is 9.00. The van der Waals surface area contributed by atoms with Crippen molar-refractivity contribution in [2.45, 2.75) is 19.8 Å². The molecule has 0 bridgehead atoms. The van der Waals surface area contributed by atoms with Crippen LogP contribution in [0.25, 0.3) is 0 Å². The second kappa shape index (κ2) is 7.68. The molecule has 112 valence electrons. The van der Waals surface area contributed by atoms with Crippen molar-refractivity contribution in [1.82, 2.24) is 9.97 Å². The molecule has 7 heteroatoms. The Hall–Kier alpha value is -2.83. The quantitative estimate of drug-likeness (QED) is 0.662. The van der Waals surface area contributed by atoms with Gasteiger partial charge in [0.05, 0.1) is 0 Å². The van der Waals surface area contributed by atoms with Crippen molar-refractivity contribution in [2.24, 2.45) is 0 Å². The van der Waals surface area contributed by atoms with Crippen LogP contribution in [0.2, 0.25) is 0 Å². The van der Waals surface area contributed by atoms with Gasteiger partial charge in [-0.05, 0) is 18.4 Å². The Morgan fingerprint density at radius 1 is 1.05 bits per heavy atom. The predicted octanol–water partition coefficient (Wildman–Crippen LogP) is 1.10. The standard InChI is InChI=1S/C12H15N5.C2H4O2/c13-10-9(11(14)17-12(15)16-10)7-6-8-4-2-1-3-5-8;1-2(3)4/h1-5H,6-7H2,(H6,13,14,15,16,17);1H3,(H,3,4). The molecule has 0 aliphatic heterocycles. The molecule has 0 saturated heterocycles. The van der Waals surface area contributed by atoms with E-state index in [2.05, 4.69) is 22.1 Å². The Kier molecular flexibility index (Phi) is 5.94. The van der Waals surface area contributed by atoms with Crippen LogP contribution < -0.4 is 17.2 Å². The second-order valence-corrected chi connectivity index (χ2v) is 4.34. The number of aromatic nitrogens is 2. The van der Waals surface area contributed by atoms with Crippen molar-refractivity contribution in [2.75, 3.05) is 17.2 Å². The molecule has 0 aliphatic carbocycles. The number of anilines is 3. The number of benzene rings is 1. The Morgan fingerprint density at radius 2 is 1.52 bits per heavy atom. The third-order valence-corrected chi connectivity index (χ3v) is 2.59.